The molecule has 0 radical (unpaired) electrons. The second-order valence-corrected chi connectivity index (χ2v) is 8.46. The van der Waals surface area contributed by atoms with E-state index in [4.69, 9.17) is 9.97 Å². The maximum Gasteiger partial charge on any atom is 0.223 e. The van der Waals surface area contributed by atoms with Gasteiger partial charge in [-0.05, 0) is 63.2 Å². The molecule has 1 aliphatic rings. The zero-order valence-corrected chi connectivity index (χ0v) is 16.8. The molecule has 4 heterocycles. The van der Waals surface area contributed by atoms with Crippen LogP contribution >= 0.6 is 11.3 Å². The first-order valence-electron chi connectivity index (χ1n) is 9.72. The molecule has 0 aliphatic carbocycles. The van der Waals surface area contributed by atoms with Gasteiger partial charge < -0.3 is 10.6 Å². The van der Waals surface area contributed by atoms with Gasteiger partial charge in [0.05, 0.1) is 11.4 Å². The van der Waals surface area contributed by atoms with Crippen molar-refractivity contribution in [3.8, 4) is 22.6 Å². The van der Waals surface area contributed by atoms with E-state index in [0.717, 1.165) is 53.5 Å². The summed E-state index contributed by atoms with van der Waals surface area (Å²) in [4.78, 5) is 16.1. The van der Waals surface area contributed by atoms with E-state index < -0.39 is 0 Å². The number of imidazole rings is 1. The van der Waals surface area contributed by atoms with Crippen LogP contribution in [0.4, 0.5) is 10.3 Å². The van der Waals surface area contributed by atoms with E-state index >= 15 is 0 Å². The van der Waals surface area contributed by atoms with Gasteiger partial charge in [0, 0.05) is 28.9 Å². The third-order valence-corrected chi connectivity index (χ3v) is 6.03. The van der Waals surface area contributed by atoms with Crippen LogP contribution in [0.5, 0.6) is 0 Å². The number of fused-ring (bicyclic) bond motifs is 1. The van der Waals surface area contributed by atoms with Crippen LogP contribution in [0.25, 0.3) is 27.6 Å². The zero-order chi connectivity index (χ0) is 19.8. The highest BCUT2D eigenvalue weighted by molar-refractivity contribution is 7.17. The predicted octanol–water partition coefficient (Wildman–Crippen LogP) is 4.13. The number of hydrogen-bond acceptors (Lipinski definition) is 6. The minimum absolute atomic E-state index is 0.261. The number of nitrogens with zero attached hydrogens (tertiary/aromatic N) is 4. The Morgan fingerprint density at radius 1 is 1.14 bits per heavy atom. The van der Waals surface area contributed by atoms with E-state index in [1.54, 1.807) is 29.7 Å². The Labute approximate surface area is 171 Å². The predicted molar refractivity (Wildman–Crippen MR) is 114 cm³/mol. The van der Waals surface area contributed by atoms with Gasteiger partial charge in [-0.3, -0.25) is 4.40 Å². The van der Waals surface area contributed by atoms with Crippen LogP contribution in [-0.2, 0) is 0 Å². The van der Waals surface area contributed by atoms with Gasteiger partial charge in [-0.15, -0.1) is 11.3 Å². The normalized spacial score (nSPS) is 15.1. The Balaban J connectivity index is 1.59. The van der Waals surface area contributed by atoms with E-state index in [9.17, 15) is 4.39 Å². The molecule has 6 nitrogen and oxygen atoms in total. The van der Waals surface area contributed by atoms with E-state index in [0.29, 0.717) is 12.0 Å². The molecule has 1 aliphatic heterocycles. The largest absolute Gasteiger partial charge is 0.351 e. The van der Waals surface area contributed by atoms with Crippen molar-refractivity contribution in [2.24, 2.45) is 0 Å². The monoisotopic (exact) mass is 408 g/mol. The molecular formula is C21H21FN6S. The van der Waals surface area contributed by atoms with Crippen molar-refractivity contribution < 1.29 is 4.39 Å². The Hall–Kier alpha value is -2.84. The van der Waals surface area contributed by atoms with Crippen LogP contribution in [0.2, 0.25) is 0 Å². The molecule has 3 aromatic heterocycles. The zero-order valence-electron chi connectivity index (χ0n) is 16.0. The van der Waals surface area contributed by atoms with Gasteiger partial charge in [0.2, 0.25) is 5.95 Å². The summed E-state index contributed by atoms with van der Waals surface area (Å²) in [6.07, 6.45) is 5.94. The highest BCUT2D eigenvalue weighted by Gasteiger charge is 2.20. The lowest BCUT2D eigenvalue weighted by Crippen LogP contribution is -2.35. The standard InChI is InChI=1S/C21H21FN6S/c1-13-12-28-19(18(27-21(28)29-13)14-2-4-15(22)5-3-14)17-8-11-24-20(26-17)25-16-6-9-23-10-7-16/h2-5,8,11-12,16,23H,6-7,9-10H2,1H3,(H,24,25,26). The lowest BCUT2D eigenvalue weighted by Gasteiger charge is -2.23. The lowest BCUT2D eigenvalue weighted by molar-refractivity contribution is 0.477. The molecule has 0 saturated carbocycles. The molecule has 1 saturated heterocycles. The van der Waals surface area contributed by atoms with Gasteiger partial charge >= 0.3 is 0 Å². The lowest BCUT2D eigenvalue weighted by atomic mass is 10.1. The van der Waals surface area contributed by atoms with Gasteiger partial charge in [0.1, 0.15) is 11.5 Å². The van der Waals surface area contributed by atoms with E-state index in [-0.39, 0.29) is 5.82 Å². The summed E-state index contributed by atoms with van der Waals surface area (Å²) in [7, 11) is 0. The third-order valence-electron chi connectivity index (χ3n) is 5.13. The second kappa shape index (κ2) is 7.53. The van der Waals surface area contributed by atoms with Crippen LogP contribution in [0.1, 0.15) is 17.7 Å². The molecule has 0 unspecified atom stereocenters. The second-order valence-electron chi connectivity index (χ2n) is 7.24. The van der Waals surface area contributed by atoms with Crippen LogP contribution < -0.4 is 10.6 Å². The molecule has 8 heteroatoms. The molecule has 1 fully saturated rings. The summed E-state index contributed by atoms with van der Waals surface area (Å²) in [6.45, 7) is 4.07. The van der Waals surface area contributed by atoms with Gasteiger partial charge in [-0.2, -0.15) is 0 Å². The number of aromatic nitrogens is 4. The van der Waals surface area contributed by atoms with Crippen molar-refractivity contribution in [2.75, 3.05) is 18.4 Å². The molecular weight excluding hydrogens is 387 g/mol. The fourth-order valence-corrected chi connectivity index (χ4v) is 4.54. The first-order chi connectivity index (χ1) is 14.2. The molecule has 0 atom stereocenters. The third kappa shape index (κ3) is 3.61. The summed E-state index contributed by atoms with van der Waals surface area (Å²) < 4.78 is 15.5. The summed E-state index contributed by atoms with van der Waals surface area (Å²) in [5, 5.41) is 6.83. The number of hydrogen-bond donors (Lipinski definition) is 2. The maximum absolute atomic E-state index is 13.4. The van der Waals surface area contributed by atoms with Gasteiger partial charge in [0.25, 0.3) is 0 Å². The van der Waals surface area contributed by atoms with Crippen LogP contribution in [0.15, 0.2) is 42.7 Å². The SMILES string of the molecule is Cc1cn2c(-c3ccnc(NC4CCNCC4)n3)c(-c3ccc(F)cc3)nc2s1. The highest BCUT2D eigenvalue weighted by Crippen LogP contribution is 2.34. The molecule has 5 rings (SSSR count). The molecule has 2 N–H and O–H groups in total. The molecule has 4 aromatic rings. The Bertz CT molecular complexity index is 1140. The van der Waals surface area contributed by atoms with Crippen LogP contribution in [0.3, 0.4) is 0 Å². The minimum Gasteiger partial charge on any atom is -0.351 e. The first-order valence-corrected chi connectivity index (χ1v) is 10.5. The highest BCUT2D eigenvalue weighted by atomic mass is 32.1. The van der Waals surface area contributed by atoms with Crippen molar-refractivity contribution in [1.82, 2.24) is 24.7 Å². The van der Waals surface area contributed by atoms with E-state index in [1.807, 2.05) is 6.07 Å². The summed E-state index contributed by atoms with van der Waals surface area (Å²) in [6, 6.07) is 8.71. The van der Waals surface area contributed by atoms with Gasteiger partial charge in [-0.1, -0.05) is 0 Å². The number of piperidine rings is 1. The fourth-order valence-electron chi connectivity index (χ4n) is 3.72. The molecule has 0 bridgehead atoms. The van der Waals surface area contributed by atoms with Crippen molar-refractivity contribution in [3.63, 3.8) is 0 Å². The van der Waals surface area contributed by atoms with Crippen LogP contribution in [0, 0.1) is 12.7 Å². The molecule has 1 aromatic carbocycles. The maximum atomic E-state index is 13.4. The molecule has 148 valence electrons. The Morgan fingerprint density at radius 3 is 2.72 bits per heavy atom. The summed E-state index contributed by atoms with van der Waals surface area (Å²) >= 11 is 1.62. The summed E-state index contributed by atoms with van der Waals surface area (Å²) in [5.74, 6) is 0.365. The number of nitrogens with one attached hydrogen (secondary N) is 2. The van der Waals surface area contributed by atoms with Gasteiger partial charge in [0.15, 0.2) is 4.96 Å². The fraction of sp³-hybridized carbons (Fsp3) is 0.286. The number of anilines is 1. The van der Waals surface area contributed by atoms with Crippen LogP contribution in [-0.4, -0.2) is 38.5 Å². The summed E-state index contributed by atoms with van der Waals surface area (Å²) in [5.41, 5.74) is 3.34. The van der Waals surface area contributed by atoms with Crippen molar-refractivity contribution in [2.45, 2.75) is 25.8 Å². The number of thiazole rings is 1. The van der Waals surface area contributed by atoms with E-state index in [2.05, 4.69) is 33.1 Å². The van der Waals surface area contributed by atoms with Crippen molar-refractivity contribution in [1.29, 1.82) is 0 Å². The van der Waals surface area contributed by atoms with Crippen molar-refractivity contribution in [3.05, 3.63) is 53.4 Å². The number of halogens is 1. The average molecular weight is 409 g/mol. The van der Waals surface area contributed by atoms with E-state index in [1.165, 1.54) is 17.0 Å². The smallest absolute Gasteiger partial charge is 0.223 e. The first kappa shape index (κ1) is 18.2. The molecule has 0 spiro atoms. The number of benzene rings is 1. The molecule has 29 heavy (non-hydrogen) atoms. The molecule has 0 amide bonds. The van der Waals surface area contributed by atoms with Gasteiger partial charge in [-0.25, -0.2) is 19.3 Å². The Kier molecular flexibility index (Phi) is 4.73. The number of aryl methyl sites for hydroxylation is 1. The topological polar surface area (TPSA) is 67.1 Å². The Morgan fingerprint density at radius 2 is 1.93 bits per heavy atom. The average Bonchev–Trinajstić information content (AvgIpc) is 3.25. The number of rotatable bonds is 4. The quantitative estimate of drug-likeness (QED) is 0.531. The minimum atomic E-state index is -0.261. The van der Waals surface area contributed by atoms with Crippen molar-refractivity contribution >= 4 is 22.2 Å².